The molecule has 0 radical (unpaired) electrons. The van der Waals surface area contributed by atoms with Crippen molar-refractivity contribution in [1.29, 1.82) is 0 Å². The number of benzene rings is 1. The molecule has 1 atom stereocenters. The molecule has 0 aliphatic carbocycles. The van der Waals surface area contributed by atoms with Crippen LogP contribution in [0.2, 0.25) is 0 Å². The molecule has 1 aliphatic heterocycles. The summed E-state index contributed by atoms with van der Waals surface area (Å²) in [5.41, 5.74) is 3.18. The van der Waals surface area contributed by atoms with E-state index in [1.807, 2.05) is 20.9 Å². The van der Waals surface area contributed by atoms with Crippen LogP contribution in [0.15, 0.2) is 18.2 Å². The third kappa shape index (κ3) is 3.44. The van der Waals surface area contributed by atoms with E-state index in [1.165, 1.54) is 0 Å². The minimum Gasteiger partial charge on any atom is -0.351 e. The van der Waals surface area contributed by atoms with Gasteiger partial charge in [-0.15, -0.1) is 0 Å². The van der Waals surface area contributed by atoms with Crippen molar-refractivity contribution in [3.63, 3.8) is 0 Å². The van der Waals surface area contributed by atoms with Gasteiger partial charge in [0.05, 0.1) is 17.1 Å². The van der Waals surface area contributed by atoms with E-state index in [4.69, 9.17) is 0 Å². The van der Waals surface area contributed by atoms with E-state index in [9.17, 15) is 4.79 Å². The Kier molecular flexibility index (Phi) is 4.87. The van der Waals surface area contributed by atoms with E-state index in [0.29, 0.717) is 6.54 Å². The number of nitrogens with zero attached hydrogens (tertiary/aromatic N) is 4. The van der Waals surface area contributed by atoms with Gasteiger partial charge in [-0.05, 0) is 38.6 Å². The number of imidazole rings is 1. The minimum atomic E-state index is -0.0838. The highest BCUT2D eigenvalue weighted by Crippen LogP contribution is 2.16. The molecule has 0 bridgehead atoms. The topological polar surface area (TPSA) is 53.4 Å². The fraction of sp³-hybridized carbons (Fsp3) is 0.556. The van der Waals surface area contributed by atoms with Gasteiger partial charge >= 0.3 is 0 Å². The van der Waals surface area contributed by atoms with Crippen molar-refractivity contribution in [3.8, 4) is 0 Å². The molecular formula is C18H27N5O. The fourth-order valence-electron chi connectivity index (χ4n) is 3.19. The number of hydrogen-bond acceptors (Lipinski definition) is 4. The summed E-state index contributed by atoms with van der Waals surface area (Å²) in [6.45, 7) is 8.47. The van der Waals surface area contributed by atoms with E-state index in [0.717, 1.165) is 48.6 Å². The summed E-state index contributed by atoms with van der Waals surface area (Å²) in [6, 6.07) is 6.10. The van der Waals surface area contributed by atoms with Crippen LogP contribution in [0.25, 0.3) is 11.0 Å². The molecule has 1 amide bonds. The third-order valence-electron chi connectivity index (χ3n) is 5.10. The molecule has 1 unspecified atom stereocenters. The molecule has 24 heavy (non-hydrogen) atoms. The maximum atomic E-state index is 12.4. The van der Waals surface area contributed by atoms with Gasteiger partial charge in [-0.1, -0.05) is 6.07 Å². The van der Waals surface area contributed by atoms with Crippen molar-refractivity contribution in [3.05, 3.63) is 29.6 Å². The van der Waals surface area contributed by atoms with Gasteiger partial charge < -0.3 is 14.8 Å². The number of nitrogens with one attached hydrogen (secondary N) is 1. The lowest BCUT2D eigenvalue weighted by Crippen LogP contribution is -2.52. The molecule has 2 heterocycles. The number of aromatic nitrogens is 2. The lowest BCUT2D eigenvalue weighted by molar-refractivity contribution is -0.126. The Morgan fingerprint density at radius 3 is 2.67 bits per heavy atom. The quantitative estimate of drug-likeness (QED) is 0.914. The number of hydrogen-bond donors (Lipinski definition) is 1. The van der Waals surface area contributed by atoms with E-state index in [-0.39, 0.29) is 11.9 Å². The molecule has 0 saturated carbocycles. The number of carbonyl (C=O) groups excluding carboxylic acids is 1. The Labute approximate surface area is 143 Å². The normalized spacial score (nSPS) is 18.0. The molecule has 1 aromatic carbocycles. The Morgan fingerprint density at radius 2 is 1.96 bits per heavy atom. The highest BCUT2D eigenvalue weighted by molar-refractivity contribution is 5.81. The van der Waals surface area contributed by atoms with Crippen LogP contribution in [0.4, 0.5) is 0 Å². The molecule has 6 heteroatoms. The maximum Gasteiger partial charge on any atom is 0.237 e. The molecule has 1 saturated heterocycles. The second-order valence-corrected chi connectivity index (χ2v) is 6.77. The predicted octanol–water partition coefficient (Wildman–Crippen LogP) is 1.13. The second-order valence-electron chi connectivity index (χ2n) is 6.77. The van der Waals surface area contributed by atoms with E-state index in [1.54, 1.807) is 0 Å². The molecule has 1 aromatic heterocycles. The minimum absolute atomic E-state index is 0.0838. The Balaban J connectivity index is 1.59. The van der Waals surface area contributed by atoms with Crippen LogP contribution in [-0.2, 0) is 18.4 Å². The number of likely N-dealkylation sites (N-methyl/N-ethyl adjacent to an activating group) is 1. The van der Waals surface area contributed by atoms with Crippen molar-refractivity contribution >= 4 is 16.9 Å². The summed E-state index contributed by atoms with van der Waals surface area (Å²) >= 11 is 0. The third-order valence-corrected chi connectivity index (χ3v) is 5.10. The average Bonchev–Trinajstić information content (AvgIpc) is 2.86. The van der Waals surface area contributed by atoms with Gasteiger partial charge in [0, 0.05) is 39.8 Å². The van der Waals surface area contributed by atoms with E-state index < -0.39 is 0 Å². The Morgan fingerprint density at radius 1 is 1.25 bits per heavy atom. The summed E-state index contributed by atoms with van der Waals surface area (Å²) in [5.74, 6) is 1.09. The molecule has 3 rings (SSSR count). The fourth-order valence-corrected chi connectivity index (χ4v) is 3.19. The second kappa shape index (κ2) is 6.91. The van der Waals surface area contributed by atoms with Crippen LogP contribution >= 0.6 is 0 Å². The Hall–Kier alpha value is -1.92. The van der Waals surface area contributed by atoms with Gasteiger partial charge in [-0.25, -0.2) is 4.98 Å². The zero-order chi connectivity index (χ0) is 17.3. The molecular weight excluding hydrogens is 302 g/mol. The summed E-state index contributed by atoms with van der Waals surface area (Å²) in [6.07, 6.45) is 0. The number of rotatable bonds is 4. The first kappa shape index (κ1) is 16.9. The van der Waals surface area contributed by atoms with Crippen molar-refractivity contribution < 1.29 is 4.79 Å². The monoisotopic (exact) mass is 329 g/mol. The number of aryl methyl sites for hydroxylation is 2. The molecule has 2 aromatic rings. The average molecular weight is 329 g/mol. The molecule has 130 valence electrons. The summed E-state index contributed by atoms with van der Waals surface area (Å²) in [7, 11) is 4.14. The lowest BCUT2D eigenvalue weighted by atomic mass is 10.2. The zero-order valence-electron chi connectivity index (χ0n) is 15.0. The first-order valence-electron chi connectivity index (χ1n) is 8.58. The van der Waals surface area contributed by atoms with Gasteiger partial charge in [0.2, 0.25) is 5.91 Å². The lowest BCUT2D eigenvalue weighted by Gasteiger charge is -2.35. The molecule has 0 spiro atoms. The standard InChI is InChI=1S/C18H27N5O/c1-13(23-9-7-21(3)8-10-23)18(24)19-12-15-5-6-17-16(11-15)20-14(2)22(17)4/h5-6,11,13H,7-10,12H2,1-4H3,(H,19,24). The van der Waals surface area contributed by atoms with Crippen LogP contribution in [-0.4, -0.2) is 64.5 Å². The summed E-state index contributed by atoms with van der Waals surface area (Å²) in [5, 5.41) is 3.06. The van der Waals surface area contributed by atoms with Crippen LogP contribution in [0.5, 0.6) is 0 Å². The molecule has 1 aliphatic rings. The smallest absolute Gasteiger partial charge is 0.237 e. The van der Waals surface area contributed by atoms with Crippen LogP contribution in [0.3, 0.4) is 0 Å². The molecule has 1 fully saturated rings. The van der Waals surface area contributed by atoms with Gasteiger partial charge in [0.1, 0.15) is 5.82 Å². The van der Waals surface area contributed by atoms with Gasteiger partial charge in [0.15, 0.2) is 0 Å². The zero-order valence-corrected chi connectivity index (χ0v) is 15.0. The van der Waals surface area contributed by atoms with Crippen LogP contribution in [0.1, 0.15) is 18.3 Å². The van der Waals surface area contributed by atoms with Gasteiger partial charge in [-0.2, -0.15) is 0 Å². The van der Waals surface area contributed by atoms with E-state index >= 15 is 0 Å². The highest BCUT2D eigenvalue weighted by atomic mass is 16.2. The van der Waals surface area contributed by atoms with Crippen molar-refractivity contribution in [2.45, 2.75) is 26.4 Å². The first-order chi connectivity index (χ1) is 11.5. The maximum absolute atomic E-state index is 12.4. The Bertz CT molecular complexity index is 730. The predicted molar refractivity (Wildman–Crippen MR) is 95.8 cm³/mol. The number of amides is 1. The SMILES string of the molecule is Cc1nc2cc(CNC(=O)C(C)N3CCN(C)CC3)ccc2n1C. The summed E-state index contributed by atoms with van der Waals surface area (Å²) < 4.78 is 2.08. The van der Waals surface area contributed by atoms with E-state index in [2.05, 4.69) is 49.9 Å². The van der Waals surface area contributed by atoms with Crippen molar-refractivity contribution in [2.75, 3.05) is 33.2 Å². The molecule has 6 nitrogen and oxygen atoms in total. The highest BCUT2D eigenvalue weighted by Gasteiger charge is 2.24. The van der Waals surface area contributed by atoms with Gasteiger partial charge in [-0.3, -0.25) is 9.69 Å². The number of carbonyl (C=O) groups is 1. The van der Waals surface area contributed by atoms with Crippen LogP contribution < -0.4 is 5.32 Å². The van der Waals surface area contributed by atoms with Gasteiger partial charge in [0.25, 0.3) is 0 Å². The number of fused-ring (bicyclic) bond motifs is 1. The van der Waals surface area contributed by atoms with Crippen molar-refractivity contribution in [2.24, 2.45) is 7.05 Å². The molecule has 1 N–H and O–H groups in total. The first-order valence-corrected chi connectivity index (χ1v) is 8.58. The number of piperazine rings is 1. The largest absolute Gasteiger partial charge is 0.351 e. The van der Waals surface area contributed by atoms with Crippen molar-refractivity contribution in [1.82, 2.24) is 24.7 Å². The van der Waals surface area contributed by atoms with Crippen LogP contribution in [0, 0.1) is 6.92 Å². The summed E-state index contributed by atoms with van der Waals surface area (Å²) in [4.78, 5) is 21.5.